The second kappa shape index (κ2) is 5.25. The van der Waals surface area contributed by atoms with Crippen molar-refractivity contribution in [1.29, 1.82) is 5.26 Å². The SMILES string of the molecule is Cc1cc(Oc2nnc(C)c(C)c2C#N)ccc1Cl. The summed E-state index contributed by atoms with van der Waals surface area (Å²) in [5.41, 5.74) is 2.80. The Morgan fingerprint density at radius 3 is 2.58 bits per heavy atom. The van der Waals surface area contributed by atoms with Crippen LogP contribution in [0.3, 0.4) is 0 Å². The van der Waals surface area contributed by atoms with Gasteiger partial charge in [-0.3, -0.25) is 0 Å². The van der Waals surface area contributed by atoms with Crippen LogP contribution in [0.2, 0.25) is 5.02 Å². The van der Waals surface area contributed by atoms with Crippen LogP contribution in [0.4, 0.5) is 0 Å². The first-order valence-electron chi connectivity index (χ1n) is 5.71. The molecule has 0 spiro atoms. The van der Waals surface area contributed by atoms with Crippen LogP contribution in [0.25, 0.3) is 0 Å². The van der Waals surface area contributed by atoms with Crippen LogP contribution in [0.1, 0.15) is 22.4 Å². The highest BCUT2D eigenvalue weighted by molar-refractivity contribution is 6.31. The van der Waals surface area contributed by atoms with Crippen LogP contribution >= 0.6 is 11.6 Å². The van der Waals surface area contributed by atoms with Gasteiger partial charge in [-0.1, -0.05) is 11.6 Å². The van der Waals surface area contributed by atoms with Gasteiger partial charge in [0.1, 0.15) is 17.4 Å². The zero-order valence-electron chi connectivity index (χ0n) is 10.9. The highest BCUT2D eigenvalue weighted by atomic mass is 35.5. The van der Waals surface area contributed by atoms with E-state index in [9.17, 15) is 5.26 Å². The van der Waals surface area contributed by atoms with Crippen LogP contribution in [0.5, 0.6) is 11.6 Å². The molecule has 0 aliphatic rings. The van der Waals surface area contributed by atoms with Gasteiger partial charge in [-0.05, 0) is 50.1 Å². The van der Waals surface area contributed by atoms with Crippen molar-refractivity contribution in [2.24, 2.45) is 0 Å². The number of hydrogen-bond acceptors (Lipinski definition) is 4. The molecule has 0 saturated heterocycles. The van der Waals surface area contributed by atoms with E-state index in [2.05, 4.69) is 16.3 Å². The van der Waals surface area contributed by atoms with Gasteiger partial charge in [0.05, 0.1) is 5.69 Å². The Hall–Kier alpha value is -2.12. The molecule has 0 radical (unpaired) electrons. The molecule has 2 rings (SSSR count). The van der Waals surface area contributed by atoms with Gasteiger partial charge in [0, 0.05) is 5.02 Å². The van der Waals surface area contributed by atoms with E-state index < -0.39 is 0 Å². The van der Waals surface area contributed by atoms with Crippen LogP contribution in [-0.2, 0) is 0 Å². The maximum atomic E-state index is 9.18. The molecule has 0 aliphatic carbocycles. The molecule has 0 atom stereocenters. The molecule has 0 fully saturated rings. The minimum Gasteiger partial charge on any atom is -0.437 e. The van der Waals surface area contributed by atoms with Gasteiger partial charge in [-0.25, -0.2) is 0 Å². The molecule has 2 aromatic rings. The Balaban J connectivity index is 2.41. The van der Waals surface area contributed by atoms with E-state index in [0.29, 0.717) is 16.3 Å². The first kappa shape index (κ1) is 13.3. The summed E-state index contributed by atoms with van der Waals surface area (Å²) in [6, 6.07) is 7.36. The normalized spacial score (nSPS) is 10.1. The Morgan fingerprint density at radius 2 is 1.95 bits per heavy atom. The van der Waals surface area contributed by atoms with Crippen LogP contribution < -0.4 is 4.74 Å². The fourth-order valence-electron chi connectivity index (χ4n) is 1.58. The molecule has 0 amide bonds. The summed E-state index contributed by atoms with van der Waals surface area (Å²) >= 11 is 5.95. The topological polar surface area (TPSA) is 58.8 Å². The summed E-state index contributed by atoms with van der Waals surface area (Å²) < 4.78 is 5.62. The molecule has 0 unspecified atom stereocenters. The van der Waals surface area contributed by atoms with Crippen molar-refractivity contribution in [2.45, 2.75) is 20.8 Å². The number of aryl methyl sites for hydroxylation is 2. The minimum atomic E-state index is 0.215. The third-order valence-corrected chi connectivity index (χ3v) is 3.30. The second-order valence-corrected chi connectivity index (χ2v) is 4.62. The van der Waals surface area contributed by atoms with Gasteiger partial charge in [-0.2, -0.15) is 10.4 Å². The molecular formula is C14H12ClN3O. The predicted molar refractivity (Wildman–Crippen MR) is 72.5 cm³/mol. The average molecular weight is 274 g/mol. The highest BCUT2D eigenvalue weighted by Crippen LogP contribution is 2.27. The third-order valence-electron chi connectivity index (χ3n) is 2.88. The molecule has 0 bridgehead atoms. The van der Waals surface area contributed by atoms with Gasteiger partial charge >= 0.3 is 0 Å². The Labute approximate surface area is 116 Å². The third kappa shape index (κ3) is 2.67. The number of nitriles is 1. The smallest absolute Gasteiger partial charge is 0.257 e. The minimum absolute atomic E-state index is 0.215. The largest absolute Gasteiger partial charge is 0.437 e. The number of rotatable bonds is 2. The summed E-state index contributed by atoms with van der Waals surface area (Å²) in [6.45, 7) is 5.51. The quantitative estimate of drug-likeness (QED) is 0.837. The summed E-state index contributed by atoms with van der Waals surface area (Å²) in [4.78, 5) is 0. The van der Waals surface area contributed by atoms with Crippen molar-refractivity contribution in [3.63, 3.8) is 0 Å². The molecular weight excluding hydrogens is 262 g/mol. The van der Waals surface area contributed by atoms with Crippen molar-refractivity contribution in [3.8, 4) is 17.7 Å². The number of ether oxygens (including phenoxy) is 1. The van der Waals surface area contributed by atoms with Crippen LogP contribution in [0, 0.1) is 32.1 Å². The highest BCUT2D eigenvalue weighted by Gasteiger charge is 2.13. The van der Waals surface area contributed by atoms with Gasteiger partial charge < -0.3 is 4.74 Å². The number of halogens is 1. The average Bonchev–Trinajstić information content (AvgIpc) is 2.39. The van der Waals surface area contributed by atoms with Crippen LogP contribution in [0.15, 0.2) is 18.2 Å². The second-order valence-electron chi connectivity index (χ2n) is 4.22. The van der Waals surface area contributed by atoms with E-state index in [1.807, 2.05) is 13.8 Å². The van der Waals surface area contributed by atoms with E-state index in [1.54, 1.807) is 25.1 Å². The lowest BCUT2D eigenvalue weighted by atomic mass is 10.1. The van der Waals surface area contributed by atoms with Gasteiger partial charge in [0.25, 0.3) is 5.88 Å². The number of benzene rings is 1. The van der Waals surface area contributed by atoms with Crippen molar-refractivity contribution in [2.75, 3.05) is 0 Å². The molecule has 4 nitrogen and oxygen atoms in total. The number of nitrogens with zero attached hydrogens (tertiary/aromatic N) is 3. The van der Waals surface area contributed by atoms with E-state index in [1.165, 1.54) is 0 Å². The molecule has 0 N–H and O–H groups in total. The summed E-state index contributed by atoms with van der Waals surface area (Å²) in [5.74, 6) is 0.795. The molecule has 0 aliphatic heterocycles. The molecule has 1 aromatic heterocycles. The van der Waals surface area contributed by atoms with Crippen LogP contribution in [-0.4, -0.2) is 10.2 Å². The van der Waals surface area contributed by atoms with Gasteiger partial charge in [-0.15, -0.1) is 5.10 Å². The van der Waals surface area contributed by atoms with Crippen molar-refractivity contribution in [3.05, 3.63) is 45.6 Å². The summed E-state index contributed by atoms with van der Waals surface area (Å²) in [6.07, 6.45) is 0. The molecule has 0 saturated carbocycles. The van der Waals surface area contributed by atoms with E-state index in [0.717, 1.165) is 16.8 Å². The number of hydrogen-bond donors (Lipinski definition) is 0. The standard InChI is InChI=1S/C14H12ClN3O/c1-8-6-11(4-5-13(8)15)19-14-12(7-16)9(2)10(3)17-18-14/h4-6H,1-3H3. The Kier molecular flexibility index (Phi) is 3.68. The lowest BCUT2D eigenvalue weighted by Gasteiger charge is -2.09. The Bertz CT molecular complexity index is 677. The monoisotopic (exact) mass is 273 g/mol. The molecule has 96 valence electrons. The molecule has 1 heterocycles. The molecule has 1 aromatic carbocycles. The van der Waals surface area contributed by atoms with Crippen molar-refractivity contribution >= 4 is 11.6 Å². The lowest BCUT2D eigenvalue weighted by Crippen LogP contribution is -2.00. The fraction of sp³-hybridized carbons (Fsp3) is 0.214. The summed E-state index contributed by atoms with van der Waals surface area (Å²) in [7, 11) is 0. The van der Waals surface area contributed by atoms with Crippen molar-refractivity contribution < 1.29 is 4.74 Å². The van der Waals surface area contributed by atoms with Crippen molar-refractivity contribution in [1.82, 2.24) is 10.2 Å². The number of aromatic nitrogens is 2. The van der Waals surface area contributed by atoms with E-state index in [4.69, 9.17) is 16.3 Å². The van der Waals surface area contributed by atoms with Gasteiger partial charge in [0.15, 0.2) is 0 Å². The molecule has 5 heteroatoms. The summed E-state index contributed by atoms with van der Waals surface area (Å²) in [5, 5.41) is 17.7. The zero-order valence-corrected chi connectivity index (χ0v) is 11.6. The maximum Gasteiger partial charge on any atom is 0.257 e. The first-order chi connectivity index (χ1) is 9.02. The zero-order chi connectivity index (χ0) is 14.0. The fourth-order valence-corrected chi connectivity index (χ4v) is 1.70. The predicted octanol–water partition coefficient (Wildman–Crippen LogP) is 3.72. The van der Waals surface area contributed by atoms with Gasteiger partial charge in [0.2, 0.25) is 0 Å². The van der Waals surface area contributed by atoms with E-state index in [-0.39, 0.29) is 5.88 Å². The maximum absolute atomic E-state index is 9.18. The first-order valence-corrected chi connectivity index (χ1v) is 6.08. The Morgan fingerprint density at radius 1 is 1.21 bits per heavy atom. The molecule has 19 heavy (non-hydrogen) atoms. The van der Waals surface area contributed by atoms with E-state index >= 15 is 0 Å². The lowest BCUT2D eigenvalue weighted by molar-refractivity contribution is 0.451.